The summed E-state index contributed by atoms with van der Waals surface area (Å²) < 4.78 is 11.2. The van der Waals surface area contributed by atoms with E-state index in [2.05, 4.69) is 5.32 Å². The van der Waals surface area contributed by atoms with Crippen LogP contribution >= 0.6 is 11.6 Å². The molecule has 0 aliphatic carbocycles. The lowest BCUT2D eigenvalue weighted by molar-refractivity contribution is -0.118. The topological polar surface area (TPSA) is 60.5 Å². The van der Waals surface area contributed by atoms with Crippen molar-refractivity contribution in [1.82, 2.24) is 4.98 Å². The third kappa shape index (κ3) is 4.78. The van der Waals surface area contributed by atoms with Gasteiger partial charge in [-0.05, 0) is 61.0 Å². The Balaban J connectivity index is 1.58. The van der Waals surface area contributed by atoms with E-state index < -0.39 is 0 Å². The number of nitrogens with zero attached hydrogens (tertiary/aromatic N) is 1. The molecule has 1 N–H and O–H groups in total. The van der Waals surface area contributed by atoms with E-state index in [9.17, 15) is 4.79 Å². The summed E-state index contributed by atoms with van der Waals surface area (Å²) in [7, 11) is 1.63. The van der Waals surface area contributed by atoms with Gasteiger partial charge in [0, 0.05) is 27.7 Å². The van der Waals surface area contributed by atoms with Gasteiger partial charge in [-0.1, -0.05) is 29.8 Å². The van der Waals surface area contributed by atoms with Crippen LogP contribution in [0.25, 0.3) is 22.2 Å². The number of hydrogen-bond donors (Lipinski definition) is 1. The molecule has 0 spiro atoms. The molecule has 4 aromatic rings. The van der Waals surface area contributed by atoms with Gasteiger partial charge >= 0.3 is 0 Å². The number of carbonyl (C=O) groups is 1. The van der Waals surface area contributed by atoms with Crippen molar-refractivity contribution in [3.8, 4) is 22.8 Å². The monoisotopic (exact) mass is 432 g/mol. The summed E-state index contributed by atoms with van der Waals surface area (Å²) >= 11 is 6.04. The van der Waals surface area contributed by atoms with Crippen LogP contribution in [0.15, 0.2) is 72.8 Å². The minimum atomic E-state index is -0.266. The number of aromatic nitrogens is 1. The SMILES string of the molecule is COc1ccc(-c2cc(OCC(=O)Nc3cc(Cl)ccc3C)c3ccccc3n2)cc1. The quantitative estimate of drug-likeness (QED) is 0.412. The number of hydrogen-bond acceptors (Lipinski definition) is 4. The van der Waals surface area contributed by atoms with Crippen molar-refractivity contribution >= 4 is 34.1 Å². The summed E-state index contributed by atoms with van der Waals surface area (Å²) in [6.45, 7) is 1.77. The van der Waals surface area contributed by atoms with Crippen molar-refractivity contribution in [1.29, 1.82) is 0 Å². The average molecular weight is 433 g/mol. The van der Waals surface area contributed by atoms with Crippen LogP contribution in [0.3, 0.4) is 0 Å². The molecule has 0 aliphatic heterocycles. The number of fused-ring (bicyclic) bond motifs is 1. The van der Waals surface area contributed by atoms with Gasteiger partial charge < -0.3 is 14.8 Å². The van der Waals surface area contributed by atoms with E-state index in [1.165, 1.54) is 0 Å². The maximum absolute atomic E-state index is 12.5. The number of carbonyl (C=O) groups excluding carboxylic acids is 1. The molecule has 4 rings (SSSR count). The predicted molar refractivity (Wildman–Crippen MR) is 124 cm³/mol. The Hall–Kier alpha value is -3.57. The summed E-state index contributed by atoms with van der Waals surface area (Å²) in [5.41, 5.74) is 4.06. The Morgan fingerprint density at radius 2 is 1.81 bits per heavy atom. The number of para-hydroxylation sites is 1. The fourth-order valence-electron chi connectivity index (χ4n) is 3.23. The van der Waals surface area contributed by atoms with Gasteiger partial charge in [-0.25, -0.2) is 4.98 Å². The van der Waals surface area contributed by atoms with Crippen LogP contribution in [0.5, 0.6) is 11.5 Å². The highest BCUT2D eigenvalue weighted by Gasteiger charge is 2.12. The van der Waals surface area contributed by atoms with Gasteiger partial charge in [0.05, 0.1) is 18.3 Å². The van der Waals surface area contributed by atoms with Gasteiger partial charge in [0.1, 0.15) is 11.5 Å². The number of ether oxygens (including phenoxy) is 2. The van der Waals surface area contributed by atoms with E-state index in [-0.39, 0.29) is 12.5 Å². The second kappa shape index (κ2) is 9.06. The van der Waals surface area contributed by atoms with Crippen LogP contribution < -0.4 is 14.8 Å². The Morgan fingerprint density at radius 3 is 2.58 bits per heavy atom. The van der Waals surface area contributed by atoms with E-state index in [4.69, 9.17) is 26.1 Å². The summed E-state index contributed by atoms with van der Waals surface area (Å²) in [4.78, 5) is 17.2. The van der Waals surface area contributed by atoms with Crippen LogP contribution in [0.1, 0.15) is 5.56 Å². The zero-order valence-electron chi connectivity index (χ0n) is 17.2. The zero-order valence-corrected chi connectivity index (χ0v) is 17.9. The zero-order chi connectivity index (χ0) is 21.8. The third-order valence-corrected chi connectivity index (χ3v) is 5.13. The summed E-state index contributed by atoms with van der Waals surface area (Å²) in [6, 6.07) is 22.5. The first-order chi connectivity index (χ1) is 15.0. The highest BCUT2D eigenvalue weighted by molar-refractivity contribution is 6.31. The second-order valence-corrected chi connectivity index (χ2v) is 7.48. The standard InChI is InChI=1S/C25H21ClN2O3/c1-16-7-10-18(26)13-22(16)28-25(29)15-31-24-14-23(17-8-11-19(30-2)12-9-17)27-21-6-4-3-5-20(21)24/h3-14H,15H2,1-2H3,(H,28,29). The minimum Gasteiger partial charge on any atom is -0.497 e. The first-order valence-corrected chi connectivity index (χ1v) is 10.1. The molecular formula is C25H21ClN2O3. The van der Waals surface area contributed by atoms with E-state index in [0.717, 1.165) is 33.5 Å². The summed E-state index contributed by atoms with van der Waals surface area (Å²) in [5, 5.41) is 4.25. The van der Waals surface area contributed by atoms with E-state index in [0.29, 0.717) is 16.5 Å². The smallest absolute Gasteiger partial charge is 0.262 e. The normalized spacial score (nSPS) is 10.7. The number of methoxy groups -OCH3 is 1. The molecule has 1 amide bonds. The molecular weight excluding hydrogens is 412 g/mol. The van der Waals surface area contributed by atoms with E-state index >= 15 is 0 Å². The molecule has 5 nitrogen and oxygen atoms in total. The number of anilines is 1. The lowest BCUT2D eigenvalue weighted by Gasteiger charge is -2.13. The molecule has 0 atom stereocenters. The van der Waals surface area contributed by atoms with Crippen molar-refractivity contribution in [3.05, 3.63) is 83.4 Å². The molecule has 0 radical (unpaired) electrons. The van der Waals surface area contributed by atoms with Gasteiger partial charge in [0.25, 0.3) is 5.91 Å². The molecule has 0 saturated carbocycles. The molecule has 1 heterocycles. The Bertz CT molecular complexity index is 1240. The Labute approximate surface area is 185 Å². The number of pyridine rings is 1. The van der Waals surface area contributed by atoms with Crippen molar-refractivity contribution in [2.75, 3.05) is 19.0 Å². The minimum absolute atomic E-state index is 0.137. The van der Waals surface area contributed by atoms with E-state index in [1.54, 1.807) is 19.2 Å². The van der Waals surface area contributed by atoms with E-state index in [1.807, 2.05) is 67.6 Å². The molecule has 0 saturated heterocycles. The Morgan fingerprint density at radius 1 is 1.03 bits per heavy atom. The van der Waals surface area contributed by atoms with Crippen LogP contribution in [0, 0.1) is 6.92 Å². The fraction of sp³-hybridized carbons (Fsp3) is 0.120. The molecule has 0 fully saturated rings. The molecule has 31 heavy (non-hydrogen) atoms. The van der Waals surface area contributed by atoms with Crippen LogP contribution in [-0.4, -0.2) is 24.6 Å². The summed E-state index contributed by atoms with van der Waals surface area (Å²) in [6.07, 6.45) is 0. The Kier molecular flexibility index (Phi) is 6.05. The largest absolute Gasteiger partial charge is 0.497 e. The van der Waals surface area contributed by atoms with Gasteiger partial charge in [0.15, 0.2) is 6.61 Å². The second-order valence-electron chi connectivity index (χ2n) is 7.05. The lowest BCUT2D eigenvalue weighted by atomic mass is 10.1. The number of aryl methyl sites for hydroxylation is 1. The summed E-state index contributed by atoms with van der Waals surface area (Å²) in [5.74, 6) is 1.10. The molecule has 156 valence electrons. The predicted octanol–water partition coefficient (Wildman–Crippen LogP) is 5.89. The van der Waals surface area contributed by atoms with Crippen molar-refractivity contribution in [2.45, 2.75) is 6.92 Å². The third-order valence-electron chi connectivity index (χ3n) is 4.90. The molecule has 0 bridgehead atoms. The maximum Gasteiger partial charge on any atom is 0.262 e. The number of amides is 1. The van der Waals surface area contributed by atoms with Crippen molar-refractivity contribution < 1.29 is 14.3 Å². The lowest BCUT2D eigenvalue weighted by Crippen LogP contribution is -2.20. The molecule has 0 unspecified atom stereocenters. The maximum atomic E-state index is 12.5. The molecule has 0 aliphatic rings. The molecule has 3 aromatic carbocycles. The number of halogens is 1. The van der Waals surface area contributed by atoms with Gasteiger partial charge in [-0.15, -0.1) is 0 Å². The number of benzene rings is 3. The van der Waals surface area contributed by atoms with Crippen LogP contribution in [0.4, 0.5) is 5.69 Å². The fourth-order valence-corrected chi connectivity index (χ4v) is 3.40. The van der Waals surface area contributed by atoms with Gasteiger partial charge in [-0.2, -0.15) is 0 Å². The van der Waals surface area contributed by atoms with Crippen LogP contribution in [0.2, 0.25) is 5.02 Å². The number of rotatable bonds is 6. The van der Waals surface area contributed by atoms with Crippen LogP contribution in [-0.2, 0) is 4.79 Å². The van der Waals surface area contributed by atoms with Gasteiger partial charge in [-0.3, -0.25) is 4.79 Å². The first-order valence-electron chi connectivity index (χ1n) is 9.76. The van der Waals surface area contributed by atoms with Gasteiger partial charge in [0.2, 0.25) is 0 Å². The first kappa shape index (κ1) is 20.7. The average Bonchev–Trinajstić information content (AvgIpc) is 2.79. The van der Waals surface area contributed by atoms with Crippen molar-refractivity contribution in [3.63, 3.8) is 0 Å². The molecule has 1 aromatic heterocycles. The highest BCUT2D eigenvalue weighted by atomic mass is 35.5. The number of nitrogens with one attached hydrogen (secondary N) is 1. The van der Waals surface area contributed by atoms with Crippen molar-refractivity contribution in [2.24, 2.45) is 0 Å². The highest BCUT2D eigenvalue weighted by Crippen LogP contribution is 2.31. The molecule has 6 heteroatoms.